The Labute approximate surface area is 99.7 Å². The van der Waals surface area contributed by atoms with Crippen LogP contribution in [0.3, 0.4) is 0 Å². The van der Waals surface area contributed by atoms with Gasteiger partial charge in [-0.25, -0.2) is 0 Å². The van der Waals surface area contributed by atoms with Gasteiger partial charge in [0, 0.05) is 19.7 Å². The van der Waals surface area contributed by atoms with Crippen LogP contribution in [0.5, 0.6) is 0 Å². The van der Waals surface area contributed by atoms with Crippen LogP contribution in [0.1, 0.15) is 40.0 Å². The molecule has 96 valence electrons. The minimum absolute atomic E-state index is 0.528. The molecule has 16 heavy (non-hydrogen) atoms. The molecule has 0 aromatic carbocycles. The van der Waals surface area contributed by atoms with E-state index in [1.807, 2.05) is 0 Å². The molecule has 0 aliphatic rings. The van der Waals surface area contributed by atoms with E-state index in [1.165, 1.54) is 6.42 Å². The van der Waals surface area contributed by atoms with Crippen LogP contribution in [0.25, 0.3) is 0 Å². The van der Waals surface area contributed by atoms with Gasteiger partial charge in [-0.3, -0.25) is 4.99 Å². The molecule has 3 N–H and O–H groups in total. The third kappa shape index (κ3) is 11.3. The summed E-state index contributed by atoms with van der Waals surface area (Å²) in [6.07, 6.45) is 3.37. The number of aliphatic imine (C=N–C) groups is 1. The molecule has 0 unspecified atom stereocenters. The molecule has 0 bridgehead atoms. The molecule has 0 amide bonds. The molecule has 0 fully saturated rings. The SMILES string of the molecule is CCCCOCCNC(N)=NCCC(C)C. The van der Waals surface area contributed by atoms with Gasteiger partial charge in [-0.1, -0.05) is 27.2 Å². The molecule has 4 heteroatoms. The number of rotatable bonds is 9. The van der Waals surface area contributed by atoms with Gasteiger partial charge < -0.3 is 15.8 Å². The molecule has 4 nitrogen and oxygen atoms in total. The van der Waals surface area contributed by atoms with Crippen LogP contribution in [0.4, 0.5) is 0 Å². The molecule has 0 aliphatic carbocycles. The summed E-state index contributed by atoms with van der Waals surface area (Å²) in [5, 5.41) is 3.04. The van der Waals surface area contributed by atoms with Crippen molar-refractivity contribution in [3.05, 3.63) is 0 Å². The van der Waals surface area contributed by atoms with Crippen LogP contribution >= 0.6 is 0 Å². The number of unbranched alkanes of at least 4 members (excludes halogenated alkanes) is 1. The summed E-state index contributed by atoms with van der Waals surface area (Å²) < 4.78 is 5.39. The van der Waals surface area contributed by atoms with E-state index >= 15 is 0 Å². The van der Waals surface area contributed by atoms with Gasteiger partial charge in [0.15, 0.2) is 5.96 Å². The van der Waals surface area contributed by atoms with Crippen LogP contribution in [-0.4, -0.2) is 32.3 Å². The molecule has 0 atom stereocenters. The number of hydrogen-bond donors (Lipinski definition) is 2. The zero-order chi connectivity index (χ0) is 12.2. The molecule has 0 radical (unpaired) electrons. The van der Waals surface area contributed by atoms with E-state index in [1.54, 1.807) is 0 Å². The molecule has 0 saturated carbocycles. The van der Waals surface area contributed by atoms with Crippen molar-refractivity contribution >= 4 is 5.96 Å². The van der Waals surface area contributed by atoms with Crippen molar-refractivity contribution in [1.29, 1.82) is 0 Å². The fourth-order valence-corrected chi connectivity index (χ4v) is 1.10. The monoisotopic (exact) mass is 229 g/mol. The van der Waals surface area contributed by atoms with Crippen LogP contribution in [0, 0.1) is 5.92 Å². The Morgan fingerprint density at radius 3 is 2.75 bits per heavy atom. The molecular weight excluding hydrogens is 202 g/mol. The number of ether oxygens (including phenoxy) is 1. The highest BCUT2D eigenvalue weighted by Gasteiger charge is 1.94. The van der Waals surface area contributed by atoms with E-state index in [0.29, 0.717) is 18.5 Å². The lowest BCUT2D eigenvalue weighted by molar-refractivity contribution is 0.136. The summed E-state index contributed by atoms with van der Waals surface area (Å²) in [5.74, 6) is 1.20. The summed E-state index contributed by atoms with van der Waals surface area (Å²) in [5.41, 5.74) is 5.68. The Hall–Kier alpha value is -0.770. The summed E-state index contributed by atoms with van der Waals surface area (Å²) in [7, 11) is 0. The smallest absolute Gasteiger partial charge is 0.188 e. The molecule has 0 aliphatic heterocycles. The van der Waals surface area contributed by atoms with Gasteiger partial charge >= 0.3 is 0 Å². The molecular formula is C12H27N3O. The fourth-order valence-electron chi connectivity index (χ4n) is 1.10. The summed E-state index contributed by atoms with van der Waals surface area (Å²) in [6.45, 7) is 9.58. The van der Waals surface area contributed by atoms with Crippen molar-refractivity contribution in [2.45, 2.75) is 40.0 Å². The van der Waals surface area contributed by atoms with Gasteiger partial charge in [-0.15, -0.1) is 0 Å². The Morgan fingerprint density at radius 1 is 1.38 bits per heavy atom. The maximum atomic E-state index is 5.68. The Morgan fingerprint density at radius 2 is 2.12 bits per heavy atom. The van der Waals surface area contributed by atoms with E-state index in [-0.39, 0.29) is 0 Å². The van der Waals surface area contributed by atoms with E-state index < -0.39 is 0 Å². The van der Waals surface area contributed by atoms with Gasteiger partial charge in [-0.2, -0.15) is 0 Å². The Balaban J connectivity index is 3.31. The van der Waals surface area contributed by atoms with Gasteiger partial charge in [0.25, 0.3) is 0 Å². The lowest BCUT2D eigenvalue weighted by Gasteiger charge is -2.07. The lowest BCUT2D eigenvalue weighted by atomic mass is 10.1. The quantitative estimate of drug-likeness (QED) is 0.360. The highest BCUT2D eigenvalue weighted by atomic mass is 16.5. The predicted molar refractivity (Wildman–Crippen MR) is 69.7 cm³/mol. The van der Waals surface area contributed by atoms with Gasteiger partial charge in [0.1, 0.15) is 0 Å². The lowest BCUT2D eigenvalue weighted by Crippen LogP contribution is -2.34. The van der Waals surface area contributed by atoms with Crippen molar-refractivity contribution in [2.24, 2.45) is 16.6 Å². The predicted octanol–water partition coefficient (Wildman–Crippen LogP) is 1.75. The first-order valence-electron chi connectivity index (χ1n) is 6.28. The standard InChI is InChI=1S/C12H27N3O/c1-4-5-9-16-10-8-15-12(13)14-7-6-11(2)3/h11H,4-10H2,1-3H3,(H3,13,14,15). The zero-order valence-electron chi connectivity index (χ0n) is 11.0. The third-order valence-electron chi connectivity index (χ3n) is 2.18. The number of nitrogens with one attached hydrogen (secondary N) is 1. The number of guanidine groups is 1. The molecule has 0 rings (SSSR count). The Kier molecular flexibility index (Phi) is 10.2. The van der Waals surface area contributed by atoms with E-state index in [4.69, 9.17) is 10.5 Å². The molecule has 0 saturated heterocycles. The first-order chi connectivity index (χ1) is 7.66. The second-order valence-electron chi connectivity index (χ2n) is 4.34. The van der Waals surface area contributed by atoms with Crippen molar-refractivity contribution < 1.29 is 4.74 Å². The first-order valence-corrected chi connectivity index (χ1v) is 6.28. The first kappa shape index (κ1) is 15.2. The van der Waals surface area contributed by atoms with Crippen LogP contribution in [-0.2, 0) is 4.74 Å². The normalized spacial score (nSPS) is 12.1. The molecule has 0 aromatic rings. The average molecular weight is 229 g/mol. The maximum Gasteiger partial charge on any atom is 0.188 e. The van der Waals surface area contributed by atoms with Gasteiger partial charge in [0.2, 0.25) is 0 Å². The van der Waals surface area contributed by atoms with Gasteiger partial charge in [0.05, 0.1) is 6.61 Å². The minimum atomic E-state index is 0.528. The number of nitrogens with zero attached hydrogens (tertiary/aromatic N) is 1. The average Bonchev–Trinajstić information content (AvgIpc) is 2.22. The molecule has 0 spiro atoms. The van der Waals surface area contributed by atoms with E-state index in [2.05, 4.69) is 31.1 Å². The largest absolute Gasteiger partial charge is 0.380 e. The van der Waals surface area contributed by atoms with Crippen molar-refractivity contribution in [3.63, 3.8) is 0 Å². The summed E-state index contributed by atoms with van der Waals surface area (Å²) in [6, 6.07) is 0. The second-order valence-corrected chi connectivity index (χ2v) is 4.34. The minimum Gasteiger partial charge on any atom is -0.380 e. The van der Waals surface area contributed by atoms with E-state index in [9.17, 15) is 0 Å². The highest BCUT2D eigenvalue weighted by molar-refractivity contribution is 5.77. The van der Waals surface area contributed by atoms with Crippen LogP contribution in [0.2, 0.25) is 0 Å². The summed E-state index contributed by atoms with van der Waals surface area (Å²) in [4.78, 5) is 4.23. The number of hydrogen-bond acceptors (Lipinski definition) is 2. The van der Waals surface area contributed by atoms with E-state index in [0.717, 1.165) is 32.5 Å². The van der Waals surface area contributed by atoms with Crippen LogP contribution < -0.4 is 11.1 Å². The third-order valence-corrected chi connectivity index (χ3v) is 2.18. The van der Waals surface area contributed by atoms with Crippen LogP contribution in [0.15, 0.2) is 4.99 Å². The second kappa shape index (κ2) is 10.7. The zero-order valence-corrected chi connectivity index (χ0v) is 11.0. The Bertz CT molecular complexity index is 181. The molecule has 0 heterocycles. The summed E-state index contributed by atoms with van der Waals surface area (Å²) >= 11 is 0. The number of nitrogens with two attached hydrogens (primary N) is 1. The highest BCUT2D eigenvalue weighted by Crippen LogP contribution is 1.97. The molecule has 0 aromatic heterocycles. The fraction of sp³-hybridized carbons (Fsp3) is 0.917. The maximum absolute atomic E-state index is 5.68. The van der Waals surface area contributed by atoms with Crippen molar-refractivity contribution in [1.82, 2.24) is 5.32 Å². The van der Waals surface area contributed by atoms with Crippen molar-refractivity contribution in [2.75, 3.05) is 26.3 Å². The van der Waals surface area contributed by atoms with Gasteiger partial charge in [-0.05, 0) is 18.8 Å². The van der Waals surface area contributed by atoms with Crippen molar-refractivity contribution in [3.8, 4) is 0 Å². The topological polar surface area (TPSA) is 59.6 Å².